The first-order valence-corrected chi connectivity index (χ1v) is 28.1. The molecule has 0 fully saturated rings. The Morgan fingerprint density at radius 3 is 0.588 bits per heavy atom. The summed E-state index contributed by atoms with van der Waals surface area (Å²) in [5, 5.41) is 9.69. The summed E-state index contributed by atoms with van der Waals surface area (Å²) in [5.41, 5.74) is 19.2. The lowest BCUT2D eigenvalue weighted by atomic mass is 9.85. The lowest BCUT2D eigenvalue weighted by Crippen LogP contribution is -2.10. The summed E-state index contributed by atoms with van der Waals surface area (Å²) >= 11 is 0. The number of rotatable bonds is 6. The van der Waals surface area contributed by atoms with Crippen LogP contribution in [-0.2, 0) is 49.9 Å². The van der Waals surface area contributed by atoms with Gasteiger partial charge in [-0.15, -0.1) is 0 Å². The number of fused-ring (bicyclic) bond motifs is 12. The molecule has 0 bridgehead atoms. The van der Waals surface area contributed by atoms with Crippen molar-refractivity contribution in [1.82, 2.24) is 18.3 Å². The third-order valence-corrected chi connectivity index (χ3v) is 17.4. The van der Waals surface area contributed by atoms with Gasteiger partial charge in [-0.2, -0.15) is 0 Å². The quantitative estimate of drug-likeness (QED) is 0.166. The Bertz CT molecular complexity index is 3910. The van der Waals surface area contributed by atoms with Crippen LogP contribution in [0, 0.1) is 0 Å². The molecule has 12 aromatic rings. The van der Waals surface area contributed by atoms with Crippen molar-refractivity contribution in [2.45, 2.75) is 105 Å². The normalized spacial score (nSPS) is 12.8. The van der Waals surface area contributed by atoms with Crippen molar-refractivity contribution < 1.29 is 18.9 Å². The van der Waals surface area contributed by atoms with E-state index < -0.39 is 0 Å². The number of nitrogens with zero attached hydrogens (tertiary/aromatic N) is 4. The summed E-state index contributed by atoms with van der Waals surface area (Å²) in [6.07, 6.45) is 0. The van der Waals surface area contributed by atoms with Gasteiger partial charge in [-0.05, 0) is 141 Å². The first kappa shape index (κ1) is 54.1. The molecule has 0 radical (unpaired) electrons. The standard InChI is InChI=1S/2C36H40N2O2/c2*1-35(2,3)21-11-13-25-23(19-21)31-27(37(25)7)15-17-29(39-9)33(31)34-30(40-10)18-16-28-32(34)24-20-22(36(4,5)6)12-14-26(24)38(28)8/h2*11-20H,1-10H3. The largest absolute Gasteiger partial charge is 0.496 e. The Morgan fingerprint density at radius 2 is 0.425 bits per heavy atom. The van der Waals surface area contributed by atoms with E-state index in [-0.39, 0.29) is 21.7 Å². The zero-order valence-electron chi connectivity index (χ0n) is 51.0. The van der Waals surface area contributed by atoms with Crippen molar-refractivity contribution in [2.24, 2.45) is 28.2 Å². The Balaban J connectivity index is 0.000000169. The summed E-state index contributed by atoms with van der Waals surface area (Å²) in [6, 6.07) is 44.7. The van der Waals surface area contributed by atoms with Crippen molar-refractivity contribution >= 4 is 87.2 Å². The molecule has 12 rings (SSSR count). The predicted octanol–water partition coefficient (Wildman–Crippen LogP) is 18.5. The van der Waals surface area contributed by atoms with Crippen LogP contribution in [0.15, 0.2) is 121 Å². The van der Waals surface area contributed by atoms with Gasteiger partial charge >= 0.3 is 0 Å². The van der Waals surface area contributed by atoms with Crippen molar-refractivity contribution in [3.63, 3.8) is 0 Å². The maximum Gasteiger partial charge on any atom is 0.127 e. The minimum atomic E-state index is 0.0338. The summed E-state index contributed by atoms with van der Waals surface area (Å²) in [4.78, 5) is 0. The fraction of sp³-hybridized carbons (Fsp3) is 0.333. The number of ether oxygens (including phenoxy) is 4. The van der Waals surface area contributed by atoms with Gasteiger partial charge in [0.25, 0.3) is 0 Å². The minimum absolute atomic E-state index is 0.0338. The van der Waals surface area contributed by atoms with Gasteiger partial charge < -0.3 is 37.2 Å². The molecule has 4 aromatic heterocycles. The molecule has 80 heavy (non-hydrogen) atoms. The summed E-state index contributed by atoms with van der Waals surface area (Å²) in [5.74, 6) is 3.37. The van der Waals surface area contributed by atoms with Crippen LogP contribution in [0.1, 0.15) is 105 Å². The van der Waals surface area contributed by atoms with E-state index in [9.17, 15) is 0 Å². The molecule has 0 spiro atoms. The van der Waals surface area contributed by atoms with Crippen LogP contribution in [0.25, 0.3) is 109 Å². The van der Waals surface area contributed by atoms with Gasteiger partial charge in [0.05, 0.1) is 28.4 Å². The average molecular weight is 1070 g/mol. The van der Waals surface area contributed by atoms with Gasteiger partial charge in [0.1, 0.15) is 23.0 Å². The highest BCUT2D eigenvalue weighted by molar-refractivity contribution is 6.25. The maximum absolute atomic E-state index is 6.14. The Hall–Kier alpha value is -7.84. The second kappa shape index (κ2) is 18.9. The fourth-order valence-electron chi connectivity index (χ4n) is 12.7. The smallest absolute Gasteiger partial charge is 0.127 e. The van der Waals surface area contributed by atoms with Gasteiger partial charge in [0, 0.05) is 138 Å². The van der Waals surface area contributed by atoms with Crippen LogP contribution in [0.2, 0.25) is 0 Å². The molecule has 4 heterocycles. The zero-order chi connectivity index (χ0) is 57.4. The van der Waals surface area contributed by atoms with Crippen LogP contribution in [0.3, 0.4) is 0 Å². The molecule has 0 saturated heterocycles. The van der Waals surface area contributed by atoms with E-state index in [0.29, 0.717) is 0 Å². The molecule has 0 aliphatic carbocycles. The van der Waals surface area contributed by atoms with Gasteiger partial charge in [-0.1, -0.05) is 107 Å². The lowest BCUT2D eigenvalue weighted by molar-refractivity contribution is 0.411. The van der Waals surface area contributed by atoms with E-state index >= 15 is 0 Å². The molecule has 8 aromatic carbocycles. The first-order chi connectivity index (χ1) is 37.7. The van der Waals surface area contributed by atoms with Crippen LogP contribution < -0.4 is 18.9 Å². The third-order valence-electron chi connectivity index (χ3n) is 17.4. The zero-order valence-corrected chi connectivity index (χ0v) is 51.0. The molecular formula is C72H80N4O4. The van der Waals surface area contributed by atoms with Gasteiger partial charge in [0.15, 0.2) is 0 Å². The molecule has 412 valence electrons. The molecular weight excluding hydrogens is 985 g/mol. The van der Waals surface area contributed by atoms with Gasteiger partial charge in [-0.25, -0.2) is 0 Å². The second-order valence-electron chi connectivity index (χ2n) is 26.3. The number of aryl methyl sites for hydroxylation is 4. The Labute approximate surface area is 472 Å². The number of hydrogen-bond donors (Lipinski definition) is 0. The van der Waals surface area contributed by atoms with Crippen LogP contribution >= 0.6 is 0 Å². The highest BCUT2D eigenvalue weighted by atomic mass is 16.5. The van der Waals surface area contributed by atoms with E-state index in [1.54, 1.807) is 28.4 Å². The number of hydrogen-bond acceptors (Lipinski definition) is 4. The van der Waals surface area contributed by atoms with Gasteiger partial charge in [0.2, 0.25) is 0 Å². The van der Waals surface area contributed by atoms with Crippen molar-refractivity contribution in [1.29, 1.82) is 0 Å². The Kier molecular flexibility index (Phi) is 12.8. The first-order valence-electron chi connectivity index (χ1n) is 28.1. The predicted molar refractivity (Wildman–Crippen MR) is 341 cm³/mol. The fourth-order valence-corrected chi connectivity index (χ4v) is 12.7. The highest BCUT2D eigenvalue weighted by Crippen LogP contribution is 2.53. The molecule has 0 N–H and O–H groups in total. The molecule has 8 nitrogen and oxygen atoms in total. The van der Waals surface area contributed by atoms with Crippen molar-refractivity contribution in [3.05, 3.63) is 144 Å². The lowest BCUT2D eigenvalue weighted by Gasteiger charge is -2.20. The van der Waals surface area contributed by atoms with Crippen molar-refractivity contribution in [2.75, 3.05) is 28.4 Å². The third kappa shape index (κ3) is 8.38. The van der Waals surface area contributed by atoms with E-state index in [4.69, 9.17) is 18.9 Å². The number of aromatic nitrogens is 4. The molecule has 0 aliphatic heterocycles. The van der Waals surface area contributed by atoms with E-state index in [1.165, 1.54) is 109 Å². The SMILES string of the molecule is COc1ccc2c(c1-c1c(OC)ccc3c1c1cc(C(C)(C)C)ccc1n3C)c1cc(C(C)(C)C)ccc1n2C.COc1ccc2c(c1-c1c(OC)ccc3c1c1cc(C(C)(C)C)ccc1n3C)c1cc(C(C)(C)C)ccc1n2C. The van der Waals surface area contributed by atoms with Crippen LogP contribution in [-0.4, -0.2) is 46.7 Å². The molecule has 0 amide bonds. The topological polar surface area (TPSA) is 56.6 Å². The molecule has 0 unspecified atom stereocenters. The van der Waals surface area contributed by atoms with E-state index in [1.807, 2.05) is 0 Å². The summed E-state index contributed by atoms with van der Waals surface area (Å²) < 4.78 is 33.7. The number of benzene rings is 8. The molecule has 0 atom stereocenters. The van der Waals surface area contributed by atoms with E-state index in [0.717, 1.165) is 45.3 Å². The minimum Gasteiger partial charge on any atom is -0.496 e. The molecule has 0 saturated carbocycles. The average Bonchev–Trinajstić information content (AvgIpc) is 4.18. The van der Waals surface area contributed by atoms with Crippen LogP contribution in [0.4, 0.5) is 0 Å². The Morgan fingerprint density at radius 1 is 0.250 bits per heavy atom. The van der Waals surface area contributed by atoms with E-state index in [2.05, 4.69) is 251 Å². The van der Waals surface area contributed by atoms with Crippen LogP contribution in [0.5, 0.6) is 23.0 Å². The molecule has 8 heteroatoms. The number of methoxy groups -OCH3 is 4. The summed E-state index contributed by atoms with van der Waals surface area (Å²) in [6.45, 7) is 27.3. The van der Waals surface area contributed by atoms with Gasteiger partial charge in [-0.3, -0.25) is 0 Å². The highest BCUT2D eigenvalue weighted by Gasteiger charge is 2.29. The molecule has 0 aliphatic rings. The summed E-state index contributed by atoms with van der Waals surface area (Å²) in [7, 11) is 15.7. The monoisotopic (exact) mass is 1060 g/mol. The van der Waals surface area contributed by atoms with Crippen molar-refractivity contribution in [3.8, 4) is 45.3 Å². The second-order valence-corrected chi connectivity index (χ2v) is 26.3. The maximum atomic E-state index is 6.14.